The minimum absolute atomic E-state index is 0.778. The van der Waals surface area contributed by atoms with Crippen molar-refractivity contribution in [1.82, 2.24) is 0 Å². The van der Waals surface area contributed by atoms with Gasteiger partial charge < -0.3 is 9.80 Å². The molecule has 4 heteroatoms. The lowest BCUT2D eigenvalue weighted by Crippen LogP contribution is -2.22. The molecule has 0 spiro atoms. The van der Waals surface area contributed by atoms with Gasteiger partial charge in [-0.3, -0.25) is 0 Å². The summed E-state index contributed by atoms with van der Waals surface area (Å²) in [5.74, 6) is 0. The van der Waals surface area contributed by atoms with Gasteiger partial charge in [0.15, 0.2) is 0 Å². The predicted molar refractivity (Wildman–Crippen MR) is 109 cm³/mol. The van der Waals surface area contributed by atoms with Gasteiger partial charge in [0.25, 0.3) is 0 Å². The summed E-state index contributed by atoms with van der Waals surface area (Å²) in [6, 6.07) is 12.5. The Hall–Kier alpha value is -1.38. The van der Waals surface area contributed by atoms with Crippen LogP contribution in [0.3, 0.4) is 0 Å². The summed E-state index contributed by atoms with van der Waals surface area (Å²) in [5.41, 5.74) is 4.33. The molecule has 0 bridgehead atoms. The zero-order valence-electron chi connectivity index (χ0n) is 14.9. The Morgan fingerprint density at radius 2 is 0.958 bits per heavy atom. The highest BCUT2D eigenvalue weighted by Crippen LogP contribution is 2.35. The first kappa shape index (κ1) is 19.0. The maximum Gasteiger partial charge on any atom is 0.0645 e. The molecule has 0 aliphatic rings. The Balaban J connectivity index is 2.35. The van der Waals surface area contributed by atoms with Crippen LogP contribution in [0.25, 0.3) is 11.1 Å². The van der Waals surface area contributed by atoms with E-state index in [1.165, 1.54) is 0 Å². The van der Waals surface area contributed by atoms with Crippen LogP contribution in [-0.4, -0.2) is 26.2 Å². The molecule has 0 aromatic heterocycles. The molecule has 0 radical (unpaired) electrons. The van der Waals surface area contributed by atoms with Crippen molar-refractivity contribution in [3.63, 3.8) is 0 Å². The van der Waals surface area contributed by atoms with Crippen LogP contribution in [0, 0.1) is 0 Å². The topological polar surface area (TPSA) is 6.48 Å². The maximum atomic E-state index is 6.52. The van der Waals surface area contributed by atoms with Crippen molar-refractivity contribution >= 4 is 34.6 Å². The zero-order chi connectivity index (χ0) is 17.7. The van der Waals surface area contributed by atoms with E-state index in [0.717, 1.165) is 58.7 Å². The van der Waals surface area contributed by atoms with Crippen LogP contribution in [0.5, 0.6) is 0 Å². The van der Waals surface area contributed by atoms with E-state index in [1.54, 1.807) is 0 Å². The molecule has 0 fully saturated rings. The predicted octanol–water partition coefficient (Wildman–Crippen LogP) is 6.35. The lowest BCUT2D eigenvalue weighted by molar-refractivity contribution is 0.866. The summed E-state index contributed by atoms with van der Waals surface area (Å²) < 4.78 is 0. The molecular formula is C20H26Cl2N2. The highest BCUT2D eigenvalue weighted by molar-refractivity contribution is 6.34. The first-order chi connectivity index (χ1) is 11.5. The van der Waals surface area contributed by atoms with Crippen molar-refractivity contribution in [2.45, 2.75) is 27.7 Å². The van der Waals surface area contributed by atoms with E-state index in [-0.39, 0.29) is 0 Å². The Labute approximate surface area is 156 Å². The van der Waals surface area contributed by atoms with Gasteiger partial charge in [-0.2, -0.15) is 0 Å². The first-order valence-electron chi connectivity index (χ1n) is 8.64. The van der Waals surface area contributed by atoms with Gasteiger partial charge in [0.2, 0.25) is 0 Å². The van der Waals surface area contributed by atoms with Crippen LogP contribution in [0.15, 0.2) is 36.4 Å². The van der Waals surface area contributed by atoms with Gasteiger partial charge in [-0.15, -0.1) is 0 Å². The SMILES string of the molecule is CCN(CC)c1ccc(-c2ccc(N(CC)CC)c(Cl)c2)cc1Cl. The monoisotopic (exact) mass is 364 g/mol. The molecule has 2 aromatic rings. The van der Waals surface area contributed by atoms with Crippen LogP contribution < -0.4 is 9.80 Å². The smallest absolute Gasteiger partial charge is 0.0645 e. The standard InChI is InChI=1S/C20H26Cl2N2/c1-5-23(6-2)19-11-9-15(13-17(19)21)16-10-12-20(18(22)14-16)24(7-3)8-4/h9-14H,5-8H2,1-4H3. The van der Waals surface area contributed by atoms with E-state index < -0.39 is 0 Å². The van der Waals surface area contributed by atoms with Crippen molar-refractivity contribution in [2.24, 2.45) is 0 Å². The van der Waals surface area contributed by atoms with E-state index in [4.69, 9.17) is 23.2 Å². The quantitative estimate of drug-likeness (QED) is 0.564. The third kappa shape index (κ3) is 3.99. The second kappa shape index (κ2) is 8.64. The number of nitrogens with zero attached hydrogens (tertiary/aromatic N) is 2. The average molecular weight is 365 g/mol. The fourth-order valence-electron chi connectivity index (χ4n) is 3.01. The van der Waals surface area contributed by atoms with Crippen molar-refractivity contribution < 1.29 is 0 Å². The molecule has 0 heterocycles. The molecule has 0 unspecified atom stereocenters. The summed E-state index contributed by atoms with van der Waals surface area (Å²) in [7, 11) is 0. The van der Waals surface area contributed by atoms with Crippen molar-refractivity contribution in [3.8, 4) is 11.1 Å². The largest absolute Gasteiger partial charge is 0.371 e. The third-order valence-corrected chi connectivity index (χ3v) is 5.04. The number of benzene rings is 2. The molecule has 24 heavy (non-hydrogen) atoms. The summed E-state index contributed by atoms with van der Waals surface area (Å²) in [6.07, 6.45) is 0. The van der Waals surface area contributed by atoms with Crippen LogP contribution in [-0.2, 0) is 0 Å². The first-order valence-corrected chi connectivity index (χ1v) is 9.40. The lowest BCUT2D eigenvalue weighted by atomic mass is 10.0. The molecule has 0 atom stereocenters. The number of hydrogen-bond acceptors (Lipinski definition) is 2. The fourth-order valence-corrected chi connectivity index (χ4v) is 3.61. The minimum Gasteiger partial charge on any atom is -0.371 e. The van der Waals surface area contributed by atoms with E-state index in [0.29, 0.717) is 0 Å². The molecule has 0 N–H and O–H groups in total. The van der Waals surface area contributed by atoms with Crippen LogP contribution in [0.4, 0.5) is 11.4 Å². The normalized spacial score (nSPS) is 10.8. The van der Waals surface area contributed by atoms with E-state index in [9.17, 15) is 0 Å². The molecule has 0 amide bonds. The average Bonchev–Trinajstić information content (AvgIpc) is 2.59. The van der Waals surface area contributed by atoms with E-state index >= 15 is 0 Å². The van der Waals surface area contributed by atoms with Gasteiger partial charge in [-0.05, 0) is 63.1 Å². The Morgan fingerprint density at radius 3 is 1.21 bits per heavy atom. The number of anilines is 2. The van der Waals surface area contributed by atoms with Crippen LogP contribution in [0.2, 0.25) is 10.0 Å². The molecule has 2 aromatic carbocycles. The number of rotatable bonds is 7. The fraction of sp³-hybridized carbons (Fsp3) is 0.400. The molecule has 0 saturated carbocycles. The van der Waals surface area contributed by atoms with Gasteiger partial charge in [-0.25, -0.2) is 0 Å². The van der Waals surface area contributed by atoms with Crippen LogP contribution in [0.1, 0.15) is 27.7 Å². The van der Waals surface area contributed by atoms with E-state index in [1.807, 2.05) is 12.1 Å². The lowest BCUT2D eigenvalue weighted by Gasteiger charge is -2.23. The van der Waals surface area contributed by atoms with Crippen molar-refractivity contribution in [3.05, 3.63) is 46.4 Å². The van der Waals surface area contributed by atoms with Crippen molar-refractivity contribution in [2.75, 3.05) is 36.0 Å². The van der Waals surface area contributed by atoms with Gasteiger partial charge in [0, 0.05) is 26.2 Å². The minimum atomic E-state index is 0.778. The van der Waals surface area contributed by atoms with Crippen LogP contribution >= 0.6 is 23.2 Å². The van der Waals surface area contributed by atoms with Gasteiger partial charge in [-0.1, -0.05) is 35.3 Å². The second-order valence-electron chi connectivity index (χ2n) is 5.68. The molecule has 2 nitrogen and oxygen atoms in total. The second-order valence-corrected chi connectivity index (χ2v) is 6.49. The molecule has 0 saturated heterocycles. The van der Waals surface area contributed by atoms with Gasteiger partial charge >= 0.3 is 0 Å². The highest BCUT2D eigenvalue weighted by atomic mass is 35.5. The maximum absolute atomic E-state index is 6.52. The van der Waals surface area contributed by atoms with E-state index in [2.05, 4.69) is 61.8 Å². The molecule has 2 rings (SSSR count). The summed E-state index contributed by atoms with van der Waals surface area (Å²) in [5, 5.41) is 1.56. The summed E-state index contributed by atoms with van der Waals surface area (Å²) >= 11 is 13.0. The number of halogens is 2. The van der Waals surface area contributed by atoms with Crippen molar-refractivity contribution in [1.29, 1.82) is 0 Å². The summed E-state index contributed by atoms with van der Waals surface area (Å²) in [6.45, 7) is 12.3. The highest BCUT2D eigenvalue weighted by Gasteiger charge is 2.11. The third-order valence-electron chi connectivity index (χ3n) is 4.44. The Bertz CT molecular complexity index is 618. The van der Waals surface area contributed by atoms with Gasteiger partial charge in [0.1, 0.15) is 0 Å². The molecular weight excluding hydrogens is 339 g/mol. The Morgan fingerprint density at radius 1 is 0.625 bits per heavy atom. The van der Waals surface area contributed by atoms with Gasteiger partial charge in [0.05, 0.1) is 21.4 Å². The number of hydrogen-bond donors (Lipinski definition) is 0. The zero-order valence-corrected chi connectivity index (χ0v) is 16.5. The molecule has 0 aliphatic carbocycles. The molecule has 0 aliphatic heterocycles. The summed E-state index contributed by atoms with van der Waals surface area (Å²) in [4.78, 5) is 4.51. The Kier molecular flexibility index (Phi) is 6.82. The molecule has 130 valence electrons.